The molecule has 0 N–H and O–H groups in total. The third-order valence-corrected chi connectivity index (χ3v) is 6.57. The molecule has 0 saturated heterocycles. The highest BCUT2D eigenvalue weighted by atomic mass is 35.5. The highest BCUT2D eigenvalue weighted by Gasteiger charge is 2.28. The van der Waals surface area contributed by atoms with E-state index in [9.17, 15) is 4.79 Å². The summed E-state index contributed by atoms with van der Waals surface area (Å²) in [6, 6.07) is 20.9. The van der Waals surface area contributed by atoms with Crippen molar-refractivity contribution in [1.82, 2.24) is 4.90 Å². The predicted octanol–water partition coefficient (Wildman–Crippen LogP) is 6.10. The first kappa shape index (κ1) is 19.9. The van der Waals surface area contributed by atoms with Gasteiger partial charge in [0.1, 0.15) is 18.4 Å². The van der Waals surface area contributed by atoms with Crippen LogP contribution in [-0.2, 0) is 17.8 Å². The largest absolute Gasteiger partial charge is 0.489 e. The van der Waals surface area contributed by atoms with Gasteiger partial charge in [-0.1, -0.05) is 42.5 Å². The van der Waals surface area contributed by atoms with Gasteiger partial charge in [0, 0.05) is 6.54 Å². The molecule has 0 fully saturated rings. The molecule has 1 unspecified atom stereocenters. The van der Waals surface area contributed by atoms with Crippen molar-refractivity contribution >= 4 is 33.2 Å². The molecule has 0 spiro atoms. The van der Waals surface area contributed by atoms with Gasteiger partial charge in [-0.2, -0.15) is 0 Å². The number of halogens is 1. The molecule has 156 valence electrons. The summed E-state index contributed by atoms with van der Waals surface area (Å²) >= 11 is 5.67. The van der Waals surface area contributed by atoms with Crippen LogP contribution in [0.1, 0.15) is 30.0 Å². The Balaban J connectivity index is 1.29. The summed E-state index contributed by atoms with van der Waals surface area (Å²) in [5, 5.41) is 2.16. The predicted molar refractivity (Wildman–Crippen MR) is 126 cm³/mol. The van der Waals surface area contributed by atoms with Gasteiger partial charge in [0.25, 0.3) is 0 Å². The SMILES string of the molecule is CC1=C(CN2C=CC2C(=O)Cl)CCc2cc(OCc3ccc4ccccc4c3)ccc21. The van der Waals surface area contributed by atoms with E-state index in [1.165, 1.54) is 38.6 Å². The third-order valence-electron chi connectivity index (χ3n) is 6.35. The molecule has 4 heteroatoms. The average molecular weight is 430 g/mol. The molecule has 1 aliphatic heterocycles. The minimum atomic E-state index is -0.315. The van der Waals surface area contributed by atoms with Gasteiger partial charge < -0.3 is 9.64 Å². The highest BCUT2D eigenvalue weighted by Crippen LogP contribution is 2.35. The van der Waals surface area contributed by atoms with E-state index in [-0.39, 0.29) is 11.3 Å². The summed E-state index contributed by atoms with van der Waals surface area (Å²) in [6.45, 7) is 3.48. The lowest BCUT2D eigenvalue weighted by molar-refractivity contribution is -0.115. The number of ether oxygens (including phenoxy) is 1. The summed E-state index contributed by atoms with van der Waals surface area (Å²) < 4.78 is 6.12. The Bertz CT molecular complexity index is 1230. The van der Waals surface area contributed by atoms with E-state index in [2.05, 4.69) is 67.6 Å². The smallest absolute Gasteiger partial charge is 0.248 e. The van der Waals surface area contributed by atoms with E-state index in [1.807, 2.05) is 17.2 Å². The molecule has 0 bridgehead atoms. The zero-order valence-electron chi connectivity index (χ0n) is 17.5. The van der Waals surface area contributed by atoms with Gasteiger partial charge in [0.2, 0.25) is 5.24 Å². The van der Waals surface area contributed by atoms with Gasteiger partial charge in [-0.3, -0.25) is 4.79 Å². The third kappa shape index (κ3) is 3.98. The van der Waals surface area contributed by atoms with Gasteiger partial charge in [-0.05, 0) is 100 Å². The van der Waals surface area contributed by atoms with Crippen molar-refractivity contribution in [2.24, 2.45) is 0 Å². The van der Waals surface area contributed by atoms with Crippen LogP contribution in [0.25, 0.3) is 16.3 Å². The summed E-state index contributed by atoms with van der Waals surface area (Å²) in [5.74, 6) is 0.904. The van der Waals surface area contributed by atoms with E-state index in [4.69, 9.17) is 16.3 Å². The van der Waals surface area contributed by atoms with Crippen LogP contribution in [0.15, 0.2) is 78.5 Å². The molecule has 1 heterocycles. The highest BCUT2D eigenvalue weighted by molar-refractivity contribution is 6.65. The molecule has 3 nitrogen and oxygen atoms in total. The van der Waals surface area contributed by atoms with E-state index < -0.39 is 0 Å². The van der Waals surface area contributed by atoms with E-state index >= 15 is 0 Å². The standard InChI is InChI=1S/C27H24ClNO2/c1-18-23(16-29-13-12-26(29)27(28)30)9-8-22-15-24(10-11-25(18)22)31-17-19-6-7-20-4-2-3-5-21(20)14-19/h2-7,10-15,26H,8-9,16-17H2,1H3. The monoisotopic (exact) mass is 429 g/mol. The molecule has 0 aromatic heterocycles. The van der Waals surface area contributed by atoms with Gasteiger partial charge in [-0.15, -0.1) is 0 Å². The number of nitrogens with zero attached hydrogens (tertiary/aromatic N) is 1. The first-order chi connectivity index (χ1) is 15.1. The van der Waals surface area contributed by atoms with Crippen molar-refractivity contribution in [2.75, 3.05) is 6.54 Å². The minimum absolute atomic E-state index is 0.283. The minimum Gasteiger partial charge on any atom is -0.489 e. The second-order valence-corrected chi connectivity index (χ2v) is 8.65. The number of rotatable bonds is 6. The second-order valence-electron chi connectivity index (χ2n) is 8.28. The number of allylic oxidation sites excluding steroid dienone is 1. The Kier molecular flexibility index (Phi) is 5.29. The Morgan fingerprint density at radius 2 is 1.90 bits per heavy atom. The Labute approximate surface area is 187 Å². The van der Waals surface area contributed by atoms with Gasteiger partial charge in [0.15, 0.2) is 0 Å². The molecule has 3 aromatic carbocycles. The van der Waals surface area contributed by atoms with Crippen LogP contribution in [0, 0.1) is 0 Å². The topological polar surface area (TPSA) is 29.5 Å². The molecule has 0 amide bonds. The summed E-state index contributed by atoms with van der Waals surface area (Å²) in [7, 11) is 0. The van der Waals surface area contributed by atoms with Crippen molar-refractivity contribution < 1.29 is 9.53 Å². The van der Waals surface area contributed by atoms with Gasteiger partial charge >= 0.3 is 0 Å². The molecular formula is C27H24ClNO2. The number of benzene rings is 3. The van der Waals surface area contributed by atoms with Crippen molar-refractivity contribution in [3.63, 3.8) is 0 Å². The molecule has 1 atom stereocenters. The maximum Gasteiger partial charge on any atom is 0.248 e. The molecular weight excluding hydrogens is 406 g/mol. The van der Waals surface area contributed by atoms with E-state index in [0.29, 0.717) is 6.61 Å². The second kappa shape index (κ2) is 8.24. The Morgan fingerprint density at radius 3 is 2.68 bits per heavy atom. The van der Waals surface area contributed by atoms with Crippen molar-refractivity contribution in [2.45, 2.75) is 32.4 Å². The lowest BCUT2D eigenvalue weighted by Gasteiger charge is -2.35. The van der Waals surface area contributed by atoms with Crippen LogP contribution in [0.3, 0.4) is 0 Å². The zero-order chi connectivity index (χ0) is 21.4. The van der Waals surface area contributed by atoms with Gasteiger partial charge in [0.05, 0.1) is 0 Å². The molecule has 1 aliphatic carbocycles. The number of hydrogen-bond acceptors (Lipinski definition) is 3. The quantitative estimate of drug-likeness (QED) is 0.443. The van der Waals surface area contributed by atoms with Crippen LogP contribution in [0.2, 0.25) is 0 Å². The first-order valence-electron chi connectivity index (χ1n) is 10.6. The van der Waals surface area contributed by atoms with Crippen molar-refractivity contribution in [3.8, 4) is 5.75 Å². The Hall–Kier alpha value is -3.04. The van der Waals surface area contributed by atoms with Crippen LogP contribution in [-0.4, -0.2) is 22.7 Å². The summed E-state index contributed by atoms with van der Waals surface area (Å²) in [5.41, 5.74) is 6.42. The normalized spacial score (nSPS) is 17.5. The fourth-order valence-corrected chi connectivity index (χ4v) is 4.66. The molecule has 0 saturated carbocycles. The number of carbonyl (C=O) groups excluding carboxylic acids is 1. The molecule has 5 rings (SSSR count). The lowest BCUT2D eigenvalue weighted by Crippen LogP contribution is -2.42. The maximum atomic E-state index is 11.5. The average Bonchev–Trinajstić information content (AvgIpc) is 2.76. The number of hydrogen-bond donors (Lipinski definition) is 0. The zero-order valence-corrected chi connectivity index (χ0v) is 18.2. The Morgan fingerprint density at radius 1 is 1.06 bits per heavy atom. The molecule has 31 heavy (non-hydrogen) atoms. The summed E-state index contributed by atoms with van der Waals surface area (Å²) in [6.07, 6.45) is 5.76. The molecule has 0 radical (unpaired) electrons. The van der Waals surface area contributed by atoms with Crippen molar-refractivity contribution in [3.05, 3.63) is 95.2 Å². The van der Waals surface area contributed by atoms with E-state index in [0.717, 1.165) is 25.1 Å². The number of carbonyl (C=O) groups is 1. The lowest BCUT2D eigenvalue weighted by atomic mass is 9.85. The van der Waals surface area contributed by atoms with Crippen molar-refractivity contribution in [1.29, 1.82) is 0 Å². The first-order valence-corrected chi connectivity index (χ1v) is 11.0. The van der Waals surface area contributed by atoms with Gasteiger partial charge in [-0.25, -0.2) is 0 Å². The fraction of sp³-hybridized carbons (Fsp3) is 0.222. The maximum absolute atomic E-state index is 11.5. The molecule has 2 aliphatic rings. The van der Waals surface area contributed by atoms with Crippen LogP contribution in [0.5, 0.6) is 5.75 Å². The van der Waals surface area contributed by atoms with E-state index in [1.54, 1.807) is 0 Å². The number of aryl methyl sites for hydroxylation is 1. The van der Waals surface area contributed by atoms with Crippen LogP contribution < -0.4 is 4.74 Å². The van der Waals surface area contributed by atoms with Crippen LogP contribution in [0.4, 0.5) is 0 Å². The fourth-order valence-electron chi connectivity index (χ4n) is 4.46. The van der Waals surface area contributed by atoms with Crippen LogP contribution >= 0.6 is 11.6 Å². The summed E-state index contributed by atoms with van der Waals surface area (Å²) in [4.78, 5) is 13.5. The number of fused-ring (bicyclic) bond motifs is 2. The molecule has 3 aromatic rings.